The molecule has 0 radical (unpaired) electrons. The van der Waals surface area contributed by atoms with E-state index in [1.165, 1.54) is 12.7 Å². The van der Waals surface area contributed by atoms with Crippen molar-refractivity contribution in [1.82, 2.24) is 10.2 Å². The number of ether oxygens (including phenoxy) is 1. The van der Waals surface area contributed by atoms with Crippen LogP contribution in [0.4, 0.5) is 0 Å². The first kappa shape index (κ1) is 19.5. The first-order valence-corrected chi connectivity index (χ1v) is 8.82. The minimum atomic E-state index is -0.199. The van der Waals surface area contributed by atoms with Gasteiger partial charge in [-0.2, -0.15) is 0 Å². The molecule has 26 heavy (non-hydrogen) atoms. The Hall–Kier alpha value is -2.82. The zero-order valence-electron chi connectivity index (χ0n) is 15.4. The third-order valence-corrected chi connectivity index (χ3v) is 4.20. The summed E-state index contributed by atoms with van der Waals surface area (Å²) in [4.78, 5) is 25.9. The lowest BCUT2D eigenvalue weighted by molar-refractivity contribution is -0.128. The summed E-state index contributed by atoms with van der Waals surface area (Å²) >= 11 is 0. The van der Waals surface area contributed by atoms with Crippen LogP contribution < -0.4 is 10.1 Å². The van der Waals surface area contributed by atoms with E-state index in [1.807, 2.05) is 24.3 Å². The molecule has 0 aromatic heterocycles. The predicted molar refractivity (Wildman–Crippen MR) is 102 cm³/mol. The summed E-state index contributed by atoms with van der Waals surface area (Å²) in [7, 11) is 1.54. The molecule has 1 N–H and O–H groups in total. The number of hydrogen-bond acceptors (Lipinski definition) is 3. The van der Waals surface area contributed by atoms with Gasteiger partial charge in [0, 0.05) is 26.6 Å². The number of nitrogens with zero attached hydrogens (tertiary/aromatic N) is 1. The molecule has 0 atom stereocenters. The van der Waals surface area contributed by atoms with Gasteiger partial charge in [0.1, 0.15) is 5.75 Å². The summed E-state index contributed by atoms with van der Waals surface area (Å²) in [6.45, 7) is 3.13. The molecular formula is C21H26N2O3. The number of amides is 2. The second-order valence-corrected chi connectivity index (χ2v) is 6.05. The van der Waals surface area contributed by atoms with Gasteiger partial charge in [-0.25, -0.2) is 0 Å². The lowest BCUT2D eigenvalue weighted by Gasteiger charge is -2.21. The first-order valence-electron chi connectivity index (χ1n) is 8.82. The molecule has 0 fully saturated rings. The van der Waals surface area contributed by atoms with Gasteiger partial charge in [-0.05, 0) is 30.5 Å². The fourth-order valence-corrected chi connectivity index (χ4v) is 2.78. The number of aryl methyl sites for hydroxylation is 1. The number of hydrogen-bond donors (Lipinski definition) is 1. The highest BCUT2D eigenvalue weighted by molar-refractivity contribution is 5.96. The van der Waals surface area contributed by atoms with Crippen molar-refractivity contribution in [2.24, 2.45) is 0 Å². The number of benzene rings is 2. The zero-order valence-corrected chi connectivity index (χ0v) is 15.4. The Kier molecular flexibility index (Phi) is 7.68. The molecule has 2 rings (SSSR count). The van der Waals surface area contributed by atoms with Gasteiger partial charge in [-0.1, -0.05) is 42.5 Å². The van der Waals surface area contributed by atoms with Crippen molar-refractivity contribution in [2.75, 3.05) is 26.7 Å². The molecule has 2 aromatic rings. The van der Waals surface area contributed by atoms with Gasteiger partial charge in [0.05, 0.1) is 12.7 Å². The van der Waals surface area contributed by atoms with Crippen LogP contribution in [0.5, 0.6) is 5.75 Å². The fraction of sp³-hybridized carbons (Fsp3) is 0.333. The van der Waals surface area contributed by atoms with Crippen LogP contribution in [0.3, 0.4) is 0 Å². The Bertz CT molecular complexity index is 716. The minimum absolute atomic E-state index is 0.0182. The van der Waals surface area contributed by atoms with E-state index in [0.29, 0.717) is 30.9 Å². The van der Waals surface area contributed by atoms with E-state index in [0.717, 1.165) is 12.8 Å². The van der Waals surface area contributed by atoms with Crippen LogP contribution >= 0.6 is 0 Å². The number of para-hydroxylation sites is 1. The average molecular weight is 354 g/mol. The van der Waals surface area contributed by atoms with Gasteiger partial charge in [0.2, 0.25) is 5.91 Å². The molecule has 138 valence electrons. The average Bonchev–Trinajstić information content (AvgIpc) is 2.67. The van der Waals surface area contributed by atoms with Crippen LogP contribution in [0.25, 0.3) is 0 Å². The second-order valence-electron chi connectivity index (χ2n) is 6.05. The molecule has 0 bridgehead atoms. The molecular weight excluding hydrogens is 328 g/mol. The largest absolute Gasteiger partial charge is 0.496 e. The molecule has 0 saturated heterocycles. The van der Waals surface area contributed by atoms with Crippen LogP contribution in [0.1, 0.15) is 29.3 Å². The molecule has 2 amide bonds. The van der Waals surface area contributed by atoms with Gasteiger partial charge in [0.25, 0.3) is 5.91 Å². The molecule has 0 spiro atoms. The number of rotatable bonds is 9. The third-order valence-electron chi connectivity index (χ3n) is 4.20. The van der Waals surface area contributed by atoms with E-state index in [-0.39, 0.29) is 11.8 Å². The van der Waals surface area contributed by atoms with Gasteiger partial charge < -0.3 is 15.0 Å². The smallest absolute Gasteiger partial charge is 0.255 e. The lowest BCUT2D eigenvalue weighted by atomic mass is 10.1. The molecule has 0 saturated carbocycles. The standard InChI is InChI=1S/C21H26N2O3/c1-17(24)23(15-8-11-18-9-4-3-5-10-18)16-14-22-21(25)19-12-6-7-13-20(19)26-2/h3-7,9-10,12-13H,8,11,14-16H2,1-2H3,(H,22,25). The summed E-state index contributed by atoms with van der Waals surface area (Å²) in [5, 5.41) is 2.85. The van der Waals surface area contributed by atoms with Crippen molar-refractivity contribution in [3.05, 3.63) is 65.7 Å². The summed E-state index contributed by atoms with van der Waals surface area (Å²) in [5.41, 5.74) is 1.76. The summed E-state index contributed by atoms with van der Waals surface area (Å²) in [5.74, 6) is 0.358. The van der Waals surface area contributed by atoms with E-state index in [9.17, 15) is 9.59 Å². The monoisotopic (exact) mass is 354 g/mol. The summed E-state index contributed by atoms with van der Waals surface area (Å²) < 4.78 is 5.20. The Morgan fingerprint density at radius 1 is 1.00 bits per heavy atom. The van der Waals surface area contributed by atoms with E-state index < -0.39 is 0 Å². The Balaban J connectivity index is 1.79. The first-order chi connectivity index (χ1) is 12.6. The molecule has 5 nitrogen and oxygen atoms in total. The van der Waals surface area contributed by atoms with Gasteiger partial charge in [-0.15, -0.1) is 0 Å². The number of methoxy groups -OCH3 is 1. The second kappa shape index (κ2) is 10.2. The normalized spacial score (nSPS) is 10.2. The molecule has 5 heteroatoms. The van der Waals surface area contributed by atoms with E-state index in [4.69, 9.17) is 4.74 Å². The van der Waals surface area contributed by atoms with Crippen LogP contribution in [0, 0.1) is 0 Å². The van der Waals surface area contributed by atoms with Gasteiger partial charge in [0.15, 0.2) is 0 Å². The highest BCUT2D eigenvalue weighted by Crippen LogP contribution is 2.16. The van der Waals surface area contributed by atoms with Gasteiger partial charge in [-0.3, -0.25) is 9.59 Å². The van der Waals surface area contributed by atoms with E-state index in [2.05, 4.69) is 17.4 Å². The van der Waals surface area contributed by atoms with Crippen LogP contribution in [-0.2, 0) is 11.2 Å². The molecule has 0 unspecified atom stereocenters. The predicted octanol–water partition coefficient (Wildman–Crippen LogP) is 2.91. The number of carbonyl (C=O) groups is 2. The van der Waals surface area contributed by atoms with Crippen molar-refractivity contribution in [3.63, 3.8) is 0 Å². The van der Waals surface area contributed by atoms with Crippen molar-refractivity contribution in [3.8, 4) is 5.75 Å². The maximum absolute atomic E-state index is 12.3. The van der Waals surface area contributed by atoms with Crippen molar-refractivity contribution >= 4 is 11.8 Å². The zero-order chi connectivity index (χ0) is 18.8. The molecule has 0 aliphatic carbocycles. The molecule has 0 aliphatic rings. The Morgan fingerprint density at radius 2 is 1.69 bits per heavy atom. The molecule has 0 aliphatic heterocycles. The Morgan fingerprint density at radius 3 is 2.38 bits per heavy atom. The van der Waals surface area contributed by atoms with E-state index in [1.54, 1.807) is 30.0 Å². The number of nitrogens with one attached hydrogen (secondary N) is 1. The van der Waals surface area contributed by atoms with Crippen molar-refractivity contribution in [2.45, 2.75) is 19.8 Å². The fourth-order valence-electron chi connectivity index (χ4n) is 2.78. The molecule has 2 aromatic carbocycles. The van der Waals surface area contributed by atoms with Crippen LogP contribution in [0.2, 0.25) is 0 Å². The van der Waals surface area contributed by atoms with Crippen molar-refractivity contribution < 1.29 is 14.3 Å². The quantitative estimate of drug-likeness (QED) is 0.753. The highest BCUT2D eigenvalue weighted by atomic mass is 16.5. The summed E-state index contributed by atoms with van der Waals surface area (Å²) in [6, 6.07) is 17.3. The molecule has 0 heterocycles. The highest BCUT2D eigenvalue weighted by Gasteiger charge is 2.12. The van der Waals surface area contributed by atoms with E-state index >= 15 is 0 Å². The summed E-state index contributed by atoms with van der Waals surface area (Å²) in [6.07, 6.45) is 1.82. The van der Waals surface area contributed by atoms with Crippen LogP contribution in [-0.4, -0.2) is 43.5 Å². The minimum Gasteiger partial charge on any atom is -0.496 e. The third kappa shape index (κ3) is 5.92. The SMILES string of the molecule is COc1ccccc1C(=O)NCCN(CCCc1ccccc1)C(C)=O. The van der Waals surface area contributed by atoms with Crippen LogP contribution in [0.15, 0.2) is 54.6 Å². The maximum atomic E-state index is 12.3. The lowest BCUT2D eigenvalue weighted by Crippen LogP contribution is -2.38. The Labute approximate surface area is 155 Å². The van der Waals surface area contributed by atoms with Gasteiger partial charge >= 0.3 is 0 Å². The number of carbonyl (C=O) groups excluding carboxylic acids is 2. The maximum Gasteiger partial charge on any atom is 0.255 e. The van der Waals surface area contributed by atoms with Crippen molar-refractivity contribution in [1.29, 1.82) is 0 Å². The topological polar surface area (TPSA) is 58.6 Å².